The van der Waals surface area contributed by atoms with Crippen molar-refractivity contribution in [1.29, 1.82) is 0 Å². The van der Waals surface area contributed by atoms with Gasteiger partial charge in [-0.1, -0.05) is 69.3 Å². The van der Waals surface area contributed by atoms with Crippen LogP contribution in [0.1, 0.15) is 65.4 Å². The molecule has 0 saturated carbocycles. The number of para-hydroxylation sites is 1. The quantitative estimate of drug-likeness (QED) is 0.262. The van der Waals surface area contributed by atoms with E-state index >= 15 is 0 Å². The van der Waals surface area contributed by atoms with E-state index in [1.807, 2.05) is 70.2 Å². The van der Waals surface area contributed by atoms with Gasteiger partial charge in [0.25, 0.3) is 5.91 Å². The van der Waals surface area contributed by atoms with E-state index in [9.17, 15) is 4.79 Å². The first-order valence-electron chi connectivity index (χ1n) is 14.0. The van der Waals surface area contributed by atoms with E-state index in [0.29, 0.717) is 18.8 Å². The van der Waals surface area contributed by atoms with Gasteiger partial charge in [-0.15, -0.1) is 0 Å². The molecular formula is C34H36N4O3. The highest BCUT2D eigenvalue weighted by Crippen LogP contribution is 2.42. The molecule has 1 amide bonds. The van der Waals surface area contributed by atoms with Crippen molar-refractivity contribution < 1.29 is 14.3 Å². The Morgan fingerprint density at radius 1 is 0.976 bits per heavy atom. The molecule has 0 aliphatic carbocycles. The number of hydrogen-bond donors (Lipinski definition) is 1. The van der Waals surface area contributed by atoms with E-state index < -0.39 is 0 Å². The Bertz CT molecular complexity index is 1710. The van der Waals surface area contributed by atoms with Gasteiger partial charge in [0.1, 0.15) is 23.2 Å². The number of ether oxygens (including phenoxy) is 2. The lowest BCUT2D eigenvalue weighted by Crippen LogP contribution is -2.41. The van der Waals surface area contributed by atoms with Gasteiger partial charge in [-0.25, -0.2) is 0 Å². The average Bonchev–Trinajstić information content (AvgIpc) is 3.58. The Kier molecular flexibility index (Phi) is 6.81. The fraction of sp³-hybridized carbons (Fsp3) is 0.294. The molecule has 3 aromatic carbocycles. The highest BCUT2D eigenvalue weighted by Gasteiger charge is 2.38. The standard InChI is InChI=1S/C34H36N4O3/c1-34(2,3)30-20-28(38(36-30)21-22-11-7-6-8-12-22)33(39)37-18-17-24-26-19-23(40-4)15-16-27(26)35-31(24)32(37)25-13-9-10-14-29(25)41-5/h6-16,19-20,32,35H,17-18,21H2,1-5H3/t32-/m1/s1. The molecule has 2 aromatic heterocycles. The Hall–Kier alpha value is -4.52. The van der Waals surface area contributed by atoms with Gasteiger partial charge in [0.15, 0.2) is 0 Å². The number of aromatic nitrogens is 3. The van der Waals surface area contributed by atoms with Crippen LogP contribution >= 0.6 is 0 Å². The van der Waals surface area contributed by atoms with Gasteiger partial charge in [0.05, 0.1) is 26.5 Å². The highest BCUT2D eigenvalue weighted by molar-refractivity contribution is 5.94. The smallest absolute Gasteiger partial charge is 0.272 e. The predicted molar refractivity (Wildman–Crippen MR) is 161 cm³/mol. The number of rotatable bonds is 6. The molecule has 6 rings (SSSR count). The summed E-state index contributed by atoms with van der Waals surface area (Å²) in [5, 5.41) is 6.07. The van der Waals surface area contributed by atoms with Crippen LogP contribution in [-0.4, -0.2) is 46.3 Å². The van der Waals surface area contributed by atoms with Gasteiger partial charge in [-0.2, -0.15) is 5.10 Å². The number of amides is 1. The summed E-state index contributed by atoms with van der Waals surface area (Å²) in [5.41, 5.74) is 6.53. The van der Waals surface area contributed by atoms with E-state index in [2.05, 4.69) is 44.0 Å². The molecule has 7 heteroatoms. The number of fused-ring (bicyclic) bond motifs is 3. The number of carbonyl (C=O) groups excluding carboxylic acids is 1. The molecule has 41 heavy (non-hydrogen) atoms. The highest BCUT2D eigenvalue weighted by atomic mass is 16.5. The fourth-order valence-electron chi connectivity index (χ4n) is 5.81. The first-order valence-corrected chi connectivity index (χ1v) is 14.0. The summed E-state index contributed by atoms with van der Waals surface area (Å²) in [5.74, 6) is 1.50. The molecule has 1 aliphatic heterocycles. The zero-order valence-corrected chi connectivity index (χ0v) is 24.3. The molecule has 1 N–H and O–H groups in total. The van der Waals surface area contributed by atoms with Gasteiger partial charge in [0, 0.05) is 34.1 Å². The molecule has 0 unspecified atom stereocenters. The van der Waals surface area contributed by atoms with Crippen molar-refractivity contribution in [2.45, 2.75) is 45.2 Å². The first-order chi connectivity index (χ1) is 19.8. The van der Waals surface area contributed by atoms with Crippen molar-refractivity contribution in [2.75, 3.05) is 20.8 Å². The Labute approximate surface area is 240 Å². The van der Waals surface area contributed by atoms with Crippen LogP contribution in [0.5, 0.6) is 11.5 Å². The van der Waals surface area contributed by atoms with Crippen LogP contribution in [0.2, 0.25) is 0 Å². The molecule has 0 fully saturated rings. The minimum atomic E-state index is -0.362. The van der Waals surface area contributed by atoms with Crippen LogP contribution in [0.3, 0.4) is 0 Å². The second-order valence-corrected chi connectivity index (χ2v) is 11.6. The molecule has 210 valence electrons. The Morgan fingerprint density at radius 2 is 1.73 bits per heavy atom. The number of methoxy groups -OCH3 is 2. The van der Waals surface area contributed by atoms with Crippen molar-refractivity contribution in [1.82, 2.24) is 19.7 Å². The summed E-state index contributed by atoms with van der Waals surface area (Å²) < 4.78 is 13.2. The maximum absolute atomic E-state index is 14.7. The number of H-pyrrole nitrogens is 1. The second kappa shape index (κ2) is 10.5. The first kappa shape index (κ1) is 26.7. The number of carbonyl (C=O) groups is 1. The third-order valence-electron chi connectivity index (χ3n) is 7.97. The van der Waals surface area contributed by atoms with E-state index in [4.69, 9.17) is 14.6 Å². The van der Waals surface area contributed by atoms with Gasteiger partial charge in [0.2, 0.25) is 0 Å². The molecular weight excluding hydrogens is 512 g/mol. The molecule has 0 saturated heterocycles. The lowest BCUT2D eigenvalue weighted by atomic mass is 9.90. The lowest BCUT2D eigenvalue weighted by Gasteiger charge is -2.36. The maximum atomic E-state index is 14.7. The van der Waals surface area contributed by atoms with Crippen LogP contribution < -0.4 is 9.47 Å². The summed E-state index contributed by atoms with van der Waals surface area (Å²) in [6.45, 7) is 7.45. The number of benzene rings is 3. The van der Waals surface area contributed by atoms with Crippen LogP contribution in [0.15, 0.2) is 78.9 Å². The van der Waals surface area contributed by atoms with Gasteiger partial charge < -0.3 is 19.4 Å². The normalized spacial score (nSPS) is 15.1. The Morgan fingerprint density at radius 3 is 2.46 bits per heavy atom. The largest absolute Gasteiger partial charge is 0.497 e. The summed E-state index contributed by atoms with van der Waals surface area (Å²) in [4.78, 5) is 20.3. The molecule has 1 atom stereocenters. The van der Waals surface area contributed by atoms with Crippen LogP contribution in [-0.2, 0) is 18.4 Å². The number of nitrogens with one attached hydrogen (secondary N) is 1. The van der Waals surface area contributed by atoms with Gasteiger partial charge in [-0.3, -0.25) is 9.48 Å². The molecule has 0 radical (unpaired) electrons. The molecule has 0 bridgehead atoms. The maximum Gasteiger partial charge on any atom is 0.272 e. The summed E-state index contributed by atoms with van der Waals surface area (Å²) >= 11 is 0. The third-order valence-corrected chi connectivity index (χ3v) is 7.97. The van der Waals surface area contributed by atoms with E-state index in [1.165, 1.54) is 5.56 Å². The van der Waals surface area contributed by atoms with Crippen LogP contribution in [0, 0.1) is 0 Å². The monoisotopic (exact) mass is 548 g/mol. The van der Waals surface area contributed by atoms with Crippen molar-refractivity contribution in [3.05, 3.63) is 113 Å². The van der Waals surface area contributed by atoms with Crippen molar-refractivity contribution in [3.63, 3.8) is 0 Å². The third kappa shape index (κ3) is 4.86. The topological polar surface area (TPSA) is 72.4 Å². The van der Waals surface area contributed by atoms with Gasteiger partial charge in [-0.05, 0) is 47.9 Å². The van der Waals surface area contributed by atoms with Crippen LogP contribution in [0.4, 0.5) is 0 Å². The lowest BCUT2D eigenvalue weighted by molar-refractivity contribution is 0.0678. The molecule has 5 aromatic rings. The number of aromatic amines is 1. The molecule has 1 aliphatic rings. The SMILES string of the molecule is COc1ccc2[nH]c3c(c2c1)CCN(C(=O)c1cc(C(C)(C)C)nn1Cc1ccccc1)[C@@H]3c1ccccc1OC. The van der Waals surface area contributed by atoms with E-state index in [1.54, 1.807) is 14.2 Å². The zero-order chi connectivity index (χ0) is 28.7. The number of nitrogens with zero attached hydrogens (tertiary/aromatic N) is 3. The van der Waals surface area contributed by atoms with Crippen molar-refractivity contribution in [3.8, 4) is 11.5 Å². The fourth-order valence-corrected chi connectivity index (χ4v) is 5.81. The molecule has 0 spiro atoms. The Balaban J connectivity index is 1.50. The summed E-state index contributed by atoms with van der Waals surface area (Å²) in [7, 11) is 3.36. The van der Waals surface area contributed by atoms with Crippen LogP contribution in [0.25, 0.3) is 10.9 Å². The second-order valence-electron chi connectivity index (χ2n) is 11.6. The minimum Gasteiger partial charge on any atom is -0.497 e. The predicted octanol–water partition coefficient (Wildman–Crippen LogP) is 6.52. The minimum absolute atomic E-state index is 0.0540. The van der Waals surface area contributed by atoms with E-state index in [-0.39, 0.29) is 17.4 Å². The van der Waals surface area contributed by atoms with Crippen molar-refractivity contribution in [2.24, 2.45) is 0 Å². The number of hydrogen-bond acceptors (Lipinski definition) is 4. The van der Waals surface area contributed by atoms with Gasteiger partial charge >= 0.3 is 0 Å². The van der Waals surface area contributed by atoms with Crippen molar-refractivity contribution >= 4 is 16.8 Å². The molecule has 3 heterocycles. The van der Waals surface area contributed by atoms with E-state index in [0.717, 1.165) is 51.3 Å². The molecule has 7 nitrogen and oxygen atoms in total. The average molecular weight is 549 g/mol. The summed E-state index contributed by atoms with van der Waals surface area (Å²) in [6.07, 6.45) is 0.721. The summed E-state index contributed by atoms with van der Waals surface area (Å²) in [6, 6.07) is 25.8. The zero-order valence-electron chi connectivity index (χ0n) is 24.3.